The van der Waals surface area contributed by atoms with E-state index in [1.165, 1.54) is 0 Å². The average molecular weight is 396 g/mol. The van der Waals surface area contributed by atoms with Gasteiger partial charge in [-0.05, 0) is 38.1 Å². The molecule has 0 aliphatic rings. The van der Waals surface area contributed by atoms with Crippen LogP contribution in [-0.2, 0) is 6.54 Å². The summed E-state index contributed by atoms with van der Waals surface area (Å²) in [5, 5.41) is 0.450. The number of nitrogen functional groups attached to an aromatic ring is 1. The topological polar surface area (TPSA) is 99.8 Å². The van der Waals surface area contributed by atoms with Gasteiger partial charge in [0.1, 0.15) is 5.82 Å². The molecule has 0 unspecified atom stereocenters. The lowest BCUT2D eigenvalue weighted by molar-refractivity contribution is 0.740. The van der Waals surface area contributed by atoms with Gasteiger partial charge in [0.05, 0.1) is 0 Å². The van der Waals surface area contributed by atoms with E-state index in [1.807, 2.05) is 31.2 Å². The second-order valence-corrected chi connectivity index (χ2v) is 6.60. The van der Waals surface area contributed by atoms with E-state index in [2.05, 4.69) is 9.97 Å². The summed E-state index contributed by atoms with van der Waals surface area (Å²) in [6.45, 7) is 2.89. The average Bonchev–Trinajstić information content (AvgIpc) is 2.71. The van der Waals surface area contributed by atoms with Crippen LogP contribution in [0.5, 0.6) is 0 Å². The van der Waals surface area contributed by atoms with Crippen molar-refractivity contribution in [1.29, 1.82) is 0 Å². The summed E-state index contributed by atoms with van der Waals surface area (Å²) in [6, 6.07) is 8.96. The van der Waals surface area contributed by atoms with Gasteiger partial charge in [0.15, 0.2) is 5.82 Å². The molecule has 0 bridgehead atoms. The Labute approximate surface area is 168 Å². The van der Waals surface area contributed by atoms with Crippen LogP contribution in [0.4, 0.5) is 5.82 Å². The number of hydrogen-bond acceptors (Lipinski definition) is 5. The van der Waals surface area contributed by atoms with Crippen molar-refractivity contribution in [2.75, 3.05) is 12.3 Å². The van der Waals surface area contributed by atoms with Crippen LogP contribution in [0.3, 0.4) is 0 Å². The minimum absolute atomic E-state index is 0.179. The smallest absolute Gasteiger partial charge is 0.260 e. The number of hydrogen-bond donors (Lipinski definition) is 2. The molecule has 0 saturated carbocycles. The maximum Gasteiger partial charge on any atom is 0.260 e. The van der Waals surface area contributed by atoms with E-state index in [0.29, 0.717) is 40.9 Å². The Morgan fingerprint density at radius 1 is 1.18 bits per heavy atom. The third-order valence-electron chi connectivity index (χ3n) is 4.39. The summed E-state index contributed by atoms with van der Waals surface area (Å²) in [6.07, 6.45) is 7.90. The van der Waals surface area contributed by atoms with Crippen molar-refractivity contribution >= 4 is 23.5 Å². The summed E-state index contributed by atoms with van der Waals surface area (Å²) in [5.74, 6) is 1.000. The molecule has 7 heteroatoms. The Kier molecular flexibility index (Phi) is 6.23. The van der Waals surface area contributed by atoms with Crippen LogP contribution in [0, 0.1) is 0 Å². The summed E-state index contributed by atoms with van der Waals surface area (Å²) in [5.41, 5.74) is 14.2. The molecule has 0 amide bonds. The zero-order valence-corrected chi connectivity index (χ0v) is 16.4. The van der Waals surface area contributed by atoms with E-state index >= 15 is 0 Å². The maximum atomic E-state index is 13.0. The highest BCUT2D eigenvalue weighted by atomic mass is 35.5. The molecular formula is C21H22ClN5O. The van der Waals surface area contributed by atoms with Crippen LogP contribution in [0.25, 0.3) is 28.6 Å². The van der Waals surface area contributed by atoms with Gasteiger partial charge < -0.3 is 11.5 Å². The van der Waals surface area contributed by atoms with Gasteiger partial charge in [-0.15, -0.1) is 0 Å². The molecule has 0 radical (unpaired) electrons. The fraction of sp³-hybridized carbons (Fsp3) is 0.190. The van der Waals surface area contributed by atoms with Gasteiger partial charge in [-0.25, -0.2) is 9.97 Å². The van der Waals surface area contributed by atoms with Crippen LogP contribution >= 0.6 is 11.6 Å². The fourth-order valence-corrected chi connectivity index (χ4v) is 3.25. The van der Waals surface area contributed by atoms with Crippen molar-refractivity contribution in [3.63, 3.8) is 0 Å². The summed E-state index contributed by atoms with van der Waals surface area (Å²) in [7, 11) is 0. The summed E-state index contributed by atoms with van der Waals surface area (Å²) >= 11 is 6.53. The van der Waals surface area contributed by atoms with Gasteiger partial charge in [0.25, 0.3) is 5.56 Å². The molecule has 144 valence electrons. The molecule has 2 aromatic heterocycles. The number of halogens is 1. The van der Waals surface area contributed by atoms with E-state index < -0.39 is 0 Å². The lowest BCUT2D eigenvalue weighted by Crippen LogP contribution is -2.24. The minimum atomic E-state index is -0.179. The Hall–Kier alpha value is -2.96. The molecule has 0 aliphatic carbocycles. The molecule has 0 spiro atoms. The Bertz CT molecular complexity index is 1060. The predicted molar refractivity (Wildman–Crippen MR) is 115 cm³/mol. The van der Waals surface area contributed by atoms with Crippen LogP contribution < -0.4 is 17.0 Å². The van der Waals surface area contributed by atoms with Gasteiger partial charge in [-0.1, -0.05) is 35.9 Å². The highest BCUT2D eigenvalue weighted by Gasteiger charge is 2.15. The van der Waals surface area contributed by atoms with Gasteiger partial charge in [0, 0.05) is 46.2 Å². The number of rotatable bonds is 6. The van der Waals surface area contributed by atoms with E-state index in [4.69, 9.17) is 23.1 Å². The lowest BCUT2D eigenvalue weighted by atomic mass is 10.0. The second kappa shape index (κ2) is 8.82. The first-order valence-corrected chi connectivity index (χ1v) is 9.41. The zero-order chi connectivity index (χ0) is 20.1. The van der Waals surface area contributed by atoms with Crippen LogP contribution in [-0.4, -0.2) is 21.1 Å². The molecule has 0 atom stereocenters. The summed E-state index contributed by atoms with van der Waals surface area (Å²) in [4.78, 5) is 21.4. The van der Waals surface area contributed by atoms with Crippen molar-refractivity contribution in [1.82, 2.24) is 14.5 Å². The van der Waals surface area contributed by atoms with E-state index in [0.717, 1.165) is 17.5 Å². The van der Waals surface area contributed by atoms with Crippen molar-refractivity contribution in [2.24, 2.45) is 5.73 Å². The summed E-state index contributed by atoms with van der Waals surface area (Å²) < 4.78 is 1.54. The van der Waals surface area contributed by atoms with Gasteiger partial charge in [0.2, 0.25) is 0 Å². The van der Waals surface area contributed by atoms with Crippen LogP contribution in [0.2, 0.25) is 5.02 Å². The lowest BCUT2D eigenvalue weighted by Gasteiger charge is -2.14. The first-order valence-electron chi connectivity index (χ1n) is 9.04. The third kappa shape index (κ3) is 3.98. The molecule has 28 heavy (non-hydrogen) atoms. The number of aromatic nitrogens is 3. The Morgan fingerprint density at radius 2 is 1.93 bits per heavy atom. The van der Waals surface area contributed by atoms with Crippen LogP contribution in [0.15, 0.2) is 53.6 Å². The number of benzene rings is 1. The molecule has 1 aromatic carbocycles. The molecule has 0 saturated heterocycles. The largest absolute Gasteiger partial charge is 0.385 e. The highest BCUT2D eigenvalue weighted by molar-refractivity contribution is 6.33. The van der Waals surface area contributed by atoms with E-state index in [-0.39, 0.29) is 5.56 Å². The monoisotopic (exact) mass is 395 g/mol. The van der Waals surface area contributed by atoms with Gasteiger partial charge in [-0.3, -0.25) is 9.36 Å². The second-order valence-electron chi connectivity index (χ2n) is 6.19. The molecule has 3 rings (SSSR count). The number of nitrogens with zero attached hydrogens (tertiary/aromatic N) is 3. The van der Waals surface area contributed by atoms with Gasteiger partial charge >= 0.3 is 0 Å². The molecule has 6 nitrogen and oxygen atoms in total. The zero-order valence-electron chi connectivity index (χ0n) is 15.6. The SMILES string of the molecule is CCn1c(N)c(/C=C\CCN)cc(-c2ccc(-c3ncccn3)cc2Cl)c1=O. The predicted octanol–water partition coefficient (Wildman–Crippen LogP) is 3.59. The van der Waals surface area contributed by atoms with Crippen molar-refractivity contribution in [3.8, 4) is 22.5 Å². The first-order chi connectivity index (χ1) is 13.6. The molecule has 3 aromatic rings. The fourth-order valence-electron chi connectivity index (χ4n) is 2.97. The van der Waals surface area contributed by atoms with Crippen molar-refractivity contribution in [2.45, 2.75) is 19.9 Å². The molecular weight excluding hydrogens is 374 g/mol. The standard InChI is InChI=1S/C21H22ClN5O/c1-2-27-19(24)14(6-3-4-9-23)12-17(21(27)28)16-8-7-15(13-18(16)22)20-25-10-5-11-26-20/h3,5-8,10-13H,2,4,9,23-24H2,1H3/b6-3-. The van der Waals surface area contributed by atoms with E-state index in [1.54, 1.807) is 35.2 Å². The Balaban J connectivity index is 2.12. The normalized spacial score (nSPS) is 11.2. The molecule has 4 N–H and O–H groups in total. The number of nitrogens with two attached hydrogens (primary N) is 2. The highest BCUT2D eigenvalue weighted by Crippen LogP contribution is 2.31. The number of anilines is 1. The van der Waals surface area contributed by atoms with Crippen LogP contribution in [0.1, 0.15) is 18.9 Å². The van der Waals surface area contributed by atoms with E-state index in [9.17, 15) is 4.79 Å². The molecule has 0 aliphatic heterocycles. The quantitative estimate of drug-likeness (QED) is 0.664. The van der Waals surface area contributed by atoms with Crippen molar-refractivity contribution < 1.29 is 0 Å². The third-order valence-corrected chi connectivity index (χ3v) is 4.70. The van der Waals surface area contributed by atoms with Gasteiger partial charge in [-0.2, -0.15) is 0 Å². The minimum Gasteiger partial charge on any atom is -0.385 e. The Morgan fingerprint density at radius 3 is 2.57 bits per heavy atom. The number of pyridine rings is 1. The molecule has 2 heterocycles. The first kappa shape index (κ1) is 19.8. The maximum absolute atomic E-state index is 13.0. The molecule has 0 fully saturated rings. The van der Waals surface area contributed by atoms with Crippen molar-refractivity contribution in [3.05, 3.63) is 69.7 Å².